The van der Waals surface area contributed by atoms with Gasteiger partial charge in [-0.3, -0.25) is 4.79 Å². The van der Waals surface area contributed by atoms with Crippen LogP contribution in [0.25, 0.3) is 11.4 Å². The van der Waals surface area contributed by atoms with E-state index in [1.165, 1.54) is 7.11 Å². The number of rotatable bonds is 6. The van der Waals surface area contributed by atoms with Crippen molar-refractivity contribution in [2.24, 2.45) is 7.05 Å². The number of nitrogens with zero attached hydrogens (tertiary/aromatic N) is 4. The number of esters is 1. The average Bonchev–Trinajstić information content (AvgIpc) is 3.13. The Morgan fingerprint density at radius 2 is 2.00 bits per heavy atom. The van der Waals surface area contributed by atoms with Gasteiger partial charge in [0.2, 0.25) is 5.91 Å². The van der Waals surface area contributed by atoms with E-state index in [1.807, 2.05) is 31.2 Å². The molecule has 1 heterocycles. The van der Waals surface area contributed by atoms with Crippen molar-refractivity contribution in [3.05, 3.63) is 53.6 Å². The first kappa shape index (κ1) is 19.0. The van der Waals surface area contributed by atoms with Crippen molar-refractivity contribution in [2.45, 2.75) is 6.92 Å². The Morgan fingerprint density at radius 3 is 2.71 bits per heavy atom. The molecule has 3 rings (SSSR count). The van der Waals surface area contributed by atoms with Gasteiger partial charge < -0.3 is 15.4 Å². The highest BCUT2D eigenvalue weighted by Gasteiger charge is 2.11. The number of carbonyl (C=O) groups is 2. The molecule has 3 aromatic rings. The van der Waals surface area contributed by atoms with Crippen LogP contribution in [0.3, 0.4) is 0 Å². The van der Waals surface area contributed by atoms with Gasteiger partial charge in [-0.2, -0.15) is 0 Å². The van der Waals surface area contributed by atoms with E-state index in [0.717, 1.165) is 16.8 Å². The van der Waals surface area contributed by atoms with Gasteiger partial charge in [-0.05, 0) is 47.2 Å². The van der Waals surface area contributed by atoms with Crippen LogP contribution in [0.1, 0.15) is 15.9 Å². The average molecular weight is 380 g/mol. The van der Waals surface area contributed by atoms with E-state index in [9.17, 15) is 9.59 Å². The summed E-state index contributed by atoms with van der Waals surface area (Å²) in [5, 5.41) is 17.3. The zero-order valence-electron chi connectivity index (χ0n) is 15.8. The van der Waals surface area contributed by atoms with E-state index in [1.54, 1.807) is 29.9 Å². The van der Waals surface area contributed by atoms with Crippen LogP contribution in [-0.2, 0) is 16.6 Å². The third-order valence-corrected chi connectivity index (χ3v) is 4.13. The van der Waals surface area contributed by atoms with Crippen molar-refractivity contribution < 1.29 is 14.3 Å². The van der Waals surface area contributed by atoms with Crippen molar-refractivity contribution in [2.75, 3.05) is 24.3 Å². The number of carbonyl (C=O) groups excluding carboxylic acids is 2. The van der Waals surface area contributed by atoms with Crippen molar-refractivity contribution in [3.8, 4) is 11.4 Å². The Hall–Kier alpha value is -3.75. The summed E-state index contributed by atoms with van der Waals surface area (Å²) in [6.45, 7) is 1.91. The fourth-order valence-electron chi connectivity index (χ4n) is 2.62. The molecule has 9 heteroatoms. The van der Waals surface area contributed by atoms with Gasteiger partial charge in [-0.1, -0.05) is 18.2 Å². The van der Waals surface area contributed by atoms with Crippen molar-refractivity contribution in [1.82, 2.24) is 20.2 Å². The lowest BCUT2D eigenvalue weighted by Crippen LogP contribution is -2.22. The van der Waals surface area contributed by atoms with Crippen molar-refractivity contribution >= 4 is 23.3 Å². The first-order valence-corrected chi connectivity index (χ1v) is 8.53. The van der Waals surface area contributed by atoms with Crippen LogP contribution < -0.4 is 10.6 Å². The fourth-order valence-corrected chi connectivity index (χ4v) is 2.62. The molecule has 2 N–H and O–H groups in total. The minimum atomic E-state index is -0.455. The lowest BCUT2D eigenvalue weighted by Gasteiger charge is -2.11. The van der Waals surface area contributed by atoms with Crippen LogP contribution in [0.4, 0.5) is 11.4 Å². The molecule has 2 aromatic carbocycles. The van der Waals surface area contributed by atoms with Gasteiger partial charge >= 0.3 is 5.97 Å². The topological polar surface area (TPSA) is 111 Å². The molecule has 0 aliphatic carbocycles. The monoisotopic (exact) mass is 380 g/mol. The third-order valence-electron chi connectivity index (χ3n) is 4.13. The molecule has 0 atom stereocenters. The van der Waals surface area contributed by atoms with E-state index in [0.29, 0.717) is 17.1 Å². The summed E-state index contributed by atoms with van der Waals surface area (Å²) < 4.78 is 6.28. The van der Waals surface area contributed by atoms with Crippen LogP contribution in [0.5, 0.6) is 0 Å². The van der Waals surface area contributed by atoms with Gasteiger partial charge in [-0.15, -0.1) is 5.10 Å². The molecule has 9 nitrogen and oxygen atoms in total. The number of nitrogens with one attached hydrogen (secondary N) is 2. The molecular formula is C19H20N6O3. The van der Waals surface area contributed by atoms with Gasteiger partial charge in [0.1, 0.15) is 0 Å². The molecule has 1 aromatic heterocycles. The standard InChI is InChI=1S/C19H20N6O3/c1-12-7-8-14(19(27)28-3)10-16(12)21-17(26)11-20-15-6-4-5-13(9-15)18-22-23-24-25(18)2/h4-10,20H,11H2,1-3H3,(H,21,26). The van der Waals surface area contributed by atoms with Gasteiger partial charge in [-0.25, -0.2) is 9.48 Å². The maximum Gasteiger partial charge on any atom is 0.337 e. The van der Waals surface area contributed by atoms with E-state index < -0.39 is 5.97 Å². The number of aryl methyl sites for hydroxylation is 2. The molecule has 0 fully saturated rings. The molecule has 0 aliphatic rings. The van der Waals surface area contributed by atoms with Crippen LogP contribution in [0, 0.1) is 6.92 Å². The second-order valence-corrected chi connectivity index (χ2v) is 6.13. The number of methoxy groups -OCH3 is 1. The highest BCUT2D eigenvalue weighted by atomic mass is 16.5. The second kappa shape index (κ2) is 8.30. The highest BCUT2D eigenvalue weighted by Crippen LogP contribution is 2.20. The Balaban J connectivity index is 1.65. The summed E-state index contributed by atoms with van der Waals surface area (Å²) in [6.07, 6.45) is 0. The van der Waals surface area contributed by atoms with E-state index >= 15 is 0 Å². The quantitative estimate of drug-likeness (QED) is 0.629. The SMILES string of the molecule is COC(=O)c1ccc(C)c(NC(=O)CNc2cccc(-c3nnnn3C)c2)c1. The Kier molecular flexibility index (Phi) is 5.64. The maximum atomic E-state index is 12.3. The highest BCUT2D eigenvalue weighted by molar-refractivity contribution is 5.97. The summed E-state index contributed by atoms with van der Waals surface area (Å²) in [4.78, 5) is 24.0. The van der Waals surface area contributed by atoms with E-state index in [2.05, 4.69) is 26.2 Å². The van der Waals surface area contributed by atoms with E-state index in [4.69, 9.17) is 4.74 Å². The normalized spacial score (nSPS) is 10.4. The predicted octanol–water partition coefficient (Wildman–Crippen LogP) is 2.02. The first-order valence-electron chi connectivity index (χ1n) is 8.53. The molecule has 0 saturated carbocycles. The molecule has 144 valence electrons. The molecule has 1 amide bonds. The number of benzene rings is 2. The molecule has 0 bridgehead atoms. The Morgan fingerprint density at radius 1 is 1.18 bits per heavy atom. The van der Waals surface area contributed by atoms with Gasteiger partial charge in [0.25, 0.3) is 0 Å². The van der Waals surface area contributed by atoms with Crippen molar-refractivity contribution in [3.63, 3.8) is 0 Å². The third kappa shape index (κ3) is 4.32. The number of tetrazole rings is 1. The molecule has 28 heavy (non-hydrogen) atoms. The molecule has 0 radical (unpaired) electrons. The number of aromatic nitrogens is 4. The molecule has 0 aliphatic heterocycles. The largest absolute Gasteiger partial charge is 0.465 e. The zero-order chi connectivity index (χ0) is 20.1. The zero-order valence-corrected chi connectivity index (χ0v) is 15.8. The van der Waals surface area contributed by atoms with Gasteiger partial charge in [0.15, 0.2) is 5.82 Å². The Labute approximate surface area is 161 Å². The summed E-state index contributed by atoms with van der Waals surface area (Å²) >= 11 is 0. The van der Waals surface area contributed by atoms with E-state index in [-0.39, 0.29) is 12.5 Å². The first-order chi connectivity index (χ1) is 13.5. The smallest absolute Gasteiger partial charge is 0.337 e. The summed E-state index contributed by atoms with van der Waals surface area (Å²) in [7, 11) is 3.07. The lowest BCUT2D eigenvalue weighted by atomic mass is 10.1. The molecule has 0 spiro atoms. The number of amides is 1. The second-order valence-electron chi connectivity index (χ2n) is 6.13. The minimum Gasteiger partial charge on any atom is -0.465 e. The van der Waals surface area contributed by atoms with Crippen molar-refractivity contribution in [1.29, 1.82) is 0 Å². The van der Waals surface area contributed by atoms with Gasteiger partial charge in [0, 0.05) is 24.0 Å². The van der Waals surface area contributed by atoms with Crippen LogP contribution in [-0.4, -0.2) is 45.7 Å². The number of hydrogen-bond donors (Lipinski definition) is 2. The Bertz CT molecular complexity index is 1010. The van der Waals surface area contributed by atoms with Crippen LogP contribution in [0.15, 0.2) is 42.5 Å². The maximum absolute atomic E-state index is 12.3. The van der Waals surface area contributed by atoms with Gasteiger partial charge in [0.05, 0.1) is 19.2 Å². The molecule has 0 unspecified atom stereocenters. The summed E-state index contributed by atoms with van der Waals surface area (Å²) in [6, 6.07) is 12.5. The molecular weight excluding hydrogens is 360 g/mol. The summed E-state index contributed by atoms with van der Waals surface area (Å²) in [5.41, 5.74) is 3.38. The fraction of sp³-hybridized carbons (Fsp3) is 0.211. The minimum absolute atomic E-state index is 0.0579. The van der Waals surface area contributed by atoms with Crippen LogP contribution in [0.2, 0.25) is 0 Å². The van der Waals surface area contributed by atoms with Crippen LogP contribution >= 0.6 is 0 Å². The number of ether oxygens (including phenoxy) is 1. The lowest BCUT2D eigenvalue weighted by molar-refractivity contribution is -0.114. The predicted molar refractivity (Wildman–Crippen MR) is 104 cm³/mol. The molecule has 0 saturated heterocycles. The number of hydrogen-bond acceptors (Lipinski definition) is 7. The summed E-state index contributed by atoms with van der Waals surface area (Å²) in [5.74, 6) is -0.0668. The number of anilines is 2.